The van der Waals surface area contributed by atoms with E-state index in [2.05, 4.69) is 33.7 Å². The Hall–Kier alpha value is -3.44. The second-order valence-electron chi connectivity index (χ2n) is 12.5. The summed E-state index contributed by atoms with van der Waals surface area (Å²) in [4.78, 5) is 46.3. The minimum Gasteiger partial charge on any atom is -0.384 e. The number of benzene rings is 2. The number of halogens is 1. The summed E-state index contributed by atoms with van der Waals surface area (Å²) in [6.45, 7) is 1.94. The molecule has 8 rings (SSSR count). The van der Waals surface area contributed by atoms with E-state index < -0.39 is 36.0 Å². The van der Waals surface area contributed by atoms with E-state index in [1.54, 1.807) is 4.90 Å². The molecule has 5 aliphatic heterocycles. The van der Waals surface area contributed by atoms with Gasteiger partial charge in [-0.15, -0.1) is 12.4 Å². The fraction of sp³-hybridized carbons (Fsp3) is 0.469. The van der Waals surface area contributed by atoms with Crippen LogP contribution in [0.15, 0.2) is 54.6 Å². The average Bonchev–Trinajstić information content (AvgIpc) is 3.71. The van der Waals surface area contributed by atoms with Gasteiger partial charge in [-0.25, -0.2) is 0 Å². The molecule has 226 valence electrons. The quantitative estimate of drug-likeness (QED) is 0.488. The summed E-state index contributed by atoms with van der Waals surface area (Å²) < 4.78 is 6.05. The molecule has 0 saturated carbocycles. The Morgan fingerprint density at radius 2 is 1.95 bits per heavy atom. The lowest BCUT2D eigenvalue weighted by Crippen LogP contribution is -2.71. The van der Waals surface area contributed by atoms with Gasteiger partial charge in [0.2, 0.25) is 18.0 Å². The maximum absolute atomic E-state index is 13.9. The molecule has 0 radical (unpaired) electrons. The number of nitrogens with one attached hydrogen (secondary N) is 2. The Morgan fingerprint density at radius 1 is 1.14 bits per heavy atom. The zero-order valence-corrected chi connectivity index (χ0v) is 24.8. The molecule has 2 aromatic carbocycles. The van der Waals surface area contributed by atoms with Crippen molar-refractivity contribution in [2.75, 3.05) is 32.0 Å². The molecule has 0 spiro atoms. The molecule has 43 heavy (non-hydrogen) atoms. The predicted octanol–water partition coefficient (Wildman–Crippen LogP) is 1.90. The van der Waals surface area contributed by atoms with Gasteiger partial charge >= 0.3 is 0 Å². The molecule has 3 unspecified atom stereocenters. The van der Waals surface area contributed by atoms with Gasteiger partial charge in [-0.05, 0) is 54.6 Å². The van der Waals surface area contributed by atoms with Gasteiger partial charge < -0.3 is 20.6 Å². The van der Waals surface area contributed by atoms with Crippen molar-refractivity contribution in [3.63, 3.8) is 0 Å². The molecule has 10 nitrogen and oxygen atoms in total. The number of hydrogen-bond acceptors (Lipinski definition) is 7. The molecule has 11 heteroatoms. The molecular formula is C32H36ClN5O5. The molecule has 3 saturated heterocycles. The molecule has 2 aromatic rings. The normalized spacial score (nSPS) is 34.0. The summed E-state index contributed by atoms with van der Waals surface area (Å²) in [5.41, 5.74) is 5.70. The molecule has 0 bridgehead atoms. The number of carbonyl (C=O) groups is 3. The highest BCUT2D eigenvalue weighted by Gasteiger charge is 2.66. The Kier molecular flexibility index (Phi) is 6.81. The van der Waals surface area contributed by atoms with Crippen molar-refractivity contribution in [2.24, 2.45) is 5.92 Å². The second-order valence-corrected chi connectivity index (χ2v) is 12.5. The summed E-state index contributed by atoms with van der Waals surface area (Å²) in [6, 6.07) is 14.4. The third-order valence-corrected chi connectivity index (χ3v) is 10.2. The lowest BCUT2D eigenvalue weighted by molar-refractivity contribution is -0.302. The van der Waals surface area contributed by atoms with Crippen LogP contribution in [0, 0.1) is 5.92 Å². The zero-order chi connectivity index (χ0) is 28.7. The monoisotopic (exact) mass is 605 g/mol. The van der Waals surface area contributed by atoms with Crippen LogP contribution in [0.4, 0.5) is 5.69 Å². The Bertz CT molecular complexity index is 1520. The first kappa shape index (κ1) is 28.3. The van der Waals surface area contributed by atoms with Crippen molar-refractivity contribution >= 4 is 41.4 Å². The van der Waals surface area contributed by atoms with E-state index >= 15 is 0 Å². The number of rotatable bonds is 4. The number of ether oxygens (including phenoxy) is 1. The number of aliphatic hydroxyl groups is 1. The third kappa shape index (κ3) is 4.22. The fourth-order valence-electron chi connectivity index (χ4n) is 8.25. The number of nitrogens with zero attached hydrogens (tertiary/aromatic N) is 3. The van der Waals surface area contributed by atoms with Crippen molar-refractivity contribution in [3.8, 4) is 0 Å². The number of fused-ring (bicyclic) bond motifs is 5. The maximum atomic E-state index is 13.9. The van der Waals surface area contributed by atoms with E-state index in [-0.39, 0.29) is 36.7 Å². The van der Waals surface area contributed by atoms with Crippen LogP contribution in [0.2, 0.25) is 0 Å². The summed E-state index contributed by atoms with van der Waals surface area (Å²) in [7, 11) is 2.05. The summed E-state index contributed by atoms with van der Waals surface area (Å²) in [5.74, 6) is -3.17. The minimum absolute atomic E-state index is 0. The van der Waals surface area contributed by atoms with Crippen LogP contribution in [0.25, 0.3) is 5.57 Å². The van der Waals surface area contributed by atoms with Gasteiger partial charge in [-0.3, -0.25) is 28.9 Å². The van der Waals surface area contributed by atoms with Gasteiger partial charge in [0, 0.05) is 43.7 Å². The SMILES string of the molecule is CN1C[C@H](C(=O)N[C@@H]2O[C@]3(O)C4CCCN4C(=O)[C@H](Cc4ccccc4)N3C2=O)C=C2c3cccc4c3C(CN4)CC21.Cl. The first-order chi connectivity index (χ1) is 20.3. The van der Waals surface area contributed by atoms with E-state index in [0.29, 0.717) is 31.8 Å². The van der Waals surface area contributed by atoms with Gasteiger partial charge in [0.25, 0.3) is 11.8 Å². The lowest BCUT2D eigenvalue weighted by Gasteiger charge is -2.48. The van der Waals surface area contributed by atoms with Crippen LogP contribution in [0.3, 0.4) is 0 Å². The van der Waals surface area contributed by atoms with E-state index in [0.717, 1.165) is 24.1 Å². The average molecular weight is 606 g/mol. The van der Waals surface area contributed by atoms with Crippen LogP contribution in [-0.4, -0.2) is 94.5 Å². The van der Waals surface area contributed by atoms with Gasteiger partial charge in [-0.2, -0.15) is 0 Å². The number of likely N-dealkylation sites (N-methyl/N-ethyl adjacent to an activating group) is 1. The van der Waals surface area contributed by atoms with Crippen molar-refractivity contribution in [2.45, 2.75) is 61.9 Å². The van der Waals surface area contributed by atoms with Crippen LogP contribution < -0.4 is 10.6 Å². The first-order valence-electron chi connectivity index (χ1n) is 15.0. The topological polar surface area (TPSA) is 114 Å². The molecule has 0 aromatic heterocycles. The maximum Gasteiger partial charge on any atom is 0.277 e. The van der Waals surface area contributed by atoms with Crippen molar-refractivity contribution in [1.29, 1.82) is 0 Å². The van der Waals surface area contributed by atoms with Gasteiger partial charge in [0.15, 0.2) is 0 Å². The summed E-state index contributed by atoms with van der Waals surface area (Å²) in [5, 5.41) is 18.2. The lowest BCUT2D eigenvalue weighted by atomic mass is 9.74. The molecule has 1 aliphatic carbocycles. The van der Waals surface area contributed by atoms with Crippen LogP contribution in [0.1, 0.15) is 41.9 Å². The summed E-state index contributed by atoms with van der Waals surface area (Å²) >= 11 is 0. The van der Waals surface area contributed by atoms with E-state index in [1.165, 1.54) is 21.7 Å². The molecule has 7 atom stereocenters. The van der Waals surface area contributed by atoms with E-state index in [4.69, 9.17) is 4.74 Å². The van der Waals surface area contributed by atoms with Crippen LogP contribution >= 0.6 is 12.4 Å². The molecule has 6 aliphatic rings. The van der Waals surface area contributed by atoms with Crippen molar-refractivity contribution in [3.05, 3.63) is 71.3 Å². The standard InChI is InChI=1S/C32H35N5O5.ClH/c1-35-17-20(14-22-21-9-5-10-23-27(21)19(16-33-23)15-24(22)35)28(38)34-29-31(40)37-25(13-18-7-3-2-4-8-18)30(39)36-12-6-11-26(36)32(37,41)42-29;/h2-5,7-10,14,19-20,24-26,29,33,41H,6,11-13,15-17H2,1H3,(H,34,38);1H/t19?,20-,24?,25+,26?,29-,32-;/m1./s1. The zero-order valence-electron chi connectivity index (χ0n) is 23.9. The minimum atomic E-state index is -2.00. The Labute approximate surface area is 256 Å². The number of hydrogen-bond donors (Lipinski definition) is 3. The number of piperazine rings is 1. The first-order valence-corrected chi connectivity index (χ1v) is 15.0. The third-order valence-electron chi connectivity index (χ3n) is 10.2. The number of carbonyl (C=O) groups excluding carboxylic acids is 3. The fourth-order valence-corrected chi connectivity index (χ4v) is 8.25. The highest BCUT2D eigenvalue weighted by molar-refractivity contribution is 5.96. The van der Waals surface area contributed by atoms with Crippen LogP contribution in [-0.2, 0) is 25.5 Å². The molecule has 3 amide bonds. The summed E-state index contributed by atoms with van der Waals surface area (Å²) in [6.07, 6.45) is 3.14. The number of amides is 3. The molecular weight excluding hydrogens is 570 g/mol. The van der Waals surface area contributed by atoms with Crippen molar-refractivity contribution in [1.82, 2.24) is 20.0 Å². The Balaban J connectivity index is 0.00000300. The predicted molar refractivity (Wildman–Crippen MR) is 161 cm³/mol. The largest absolute Gasteiger partial charge is 0.384 e. The van der Waals surface area contributed by atoms with Gasteiger partial charge in [0.1, 0.15) is 12.1 Å². The van der Waals surface area contributed by atoms with E-state index in [9.17, 15) is 19.5 Å². The molecule has 3 fully saturated rings. The Morgan fingerprint density at radius 3 is 2.77 bits per heavy atom. The van der Waals surface area contributed by atoms with Gasteiger partial charge in [0.05, 0.1) is 5.92 Å². The number of anilines is 1. The van der Waals surface area contributed by atoms with Gasteiger partial charge in [-0.1, -0.05) is 48.5 Å². The highest BCUT2D eigenvalue weighted by Crippen LogP contribution is 2.48. The van der Waals surface area contributed by atoms with E-state index in [1.807, 2.05) is 43.5 Å². The van der Waals surface area contributed by atoms with Crippen LogP contribution in [0.5, 0.6) is 0 Å². The molecule has 3 N–H and O–H groups in total. The highest BCUT2D eigenvalue weighted by atomic mass is 35.5. The molecule has 5 heterocycles. The second kappa shape index (κ2) is 10.3. The smallest absolute Gasteiger partial charge is 0.277 e. The van der Waals surface area contributed by atoms with Crippen molar-refractivity contribution < 1.29 is 24.2 Å².